The second-order valence-electron chi connectivity index (χ2n) is 10.1. The molecule has 3 saturated carbocycles. The van der Waals surface area contributed by atoms with Crippen molar-refractivity contribution in [2.24, 2.45) is 35.5 Å². The van der Waals surface area contributed by atoms with Gasteiger partial charge >= 0.3 is 0 Å². The van der Waals surface area contributed by atoms with E-state index in [2.05, 4.69) is 6.92 Å². The molecule has 3 aliphatic carbocycles. The van der Waals surface area contributed by atoms with Gasteiger partial charge in [-0.1, -0.05) is 65.2 Å². The van der Waals surface area contributed by atoms with Gasteiger partial charge in [0.05, 0.1) is 0 Å². The summed E-state index contributed by atoms with van der Waals surface area (Å²) in [5, 5.41) is 0. The maximum absolute atomic E-state index is 15.1. The van der Waals surface area contributed by atoms with Crippen molar-refractivity contribution in [3.63, 3.8) is 0 Å². The molecule has 0 bridgehead atoms. The standard InChI is InChI=1S/C24H40F4/c1-3-4-8-15(2)17-11-13-19(23(27)21(17)25)20-14-12-18(22(26)24(20)28)16-9-6-5-7-10-16/h15-24H,3-14H2,1-2H3. The normalized spacial score (nSPS) is 44.4. The highest BCUT2D eigenvalue weighted by Gasteiger charge is 2.51. The van der Waals surface area contributed by atoms with E-state index >= 15 is 13.2 Å². The Balaban J connectivity index is 1.59. The number of hydrogen-bond acceptors (Lipinski definition) is 0. The van der Waals surface area contributed by atoms with Crippen molar-refractivity contribution < 1.29 is 17.6 Å². The second-order valence-corrected chi connectivity index (χ2v) is 10.1. The van der Waals surface area contributed by atoms with Gasteiger partial charge in [0.25, 0.3) is 0 Å². The van der Waals surface area contributed by atoms with Gasteiger partial charge < -0.3 is 0 Å². The van der Waals surface area contributed by atoms with Gasteiger partial charge in [-0.3, -0.25) is 0 Å². The Hall–Kier alpha value is -0.280. The summed E-state index contributed by atoms with van der Waals surface area (Å²) in [5.41, 5.74) is 0. The number of unbranched alkanes of at least 4 members (excludes halogenated alkanes) is 1. The predicted octanol–water partition coefficient (Wildman–Crippen LogP) is 7.80. The zero-order valence-electron chi connectivity index (χ0n) is 17.8. The fourth-order valence-corrected chi connectivity index (χ4v) is 6.65. The lowest BCUT2D eigenvalue weighted by atomic mass is 9.62. The van der Waals surface area contributed by atoms with E-state index in [4.69, 9.17) is 0 Å². The largest absolute Gasteiger partial charge is 0.244 e. The number of hydrogen-bond donors (Lipinski definition) is 0. The van der Waals surface area contributed by atoms with Gasteiger partial charge in [-0.25, -0.2) is 17.6 Å². The Morgan fingerprint density at radius 2 is 1.21 bits per heavy atom. The van der Waals surface area contributed by atoms with Crippen LogP contribution >= 0.6 is 0 Å². The minimum atomic E-state index is -1.63. The summed E-state index contributed by atoms with van der Waals surface area (Å²) >= 11 is 0. The van der Waals surface area contributed by atoms with E-state index < -0.39 is 36.5 Å². The van der Waals surface area contributed by atoms with Crippen molar-refractivity contribution >= 4 is 0 Å². The summed E-state index contributed by atoms with van der Waals surface area (Å²) in [6.07, 6.45) is 4.47. The first-order valence-electron chi connectivity index (χ1n) is 12.0. The van der Waals surface area contributed by atoms with Crippen molar-refractivity contribution in [3.8, 4) is 0 Å². The molecular weight excluding hydrogens is 364 g/mol. The Bertz CT molecular complexity index is 464. The molecule has 0 aromatic carbocycles. The van der Waals surface area contributed by atoms with Crippen molar-refractivity contribution in [3.05, 3.63) is 0 Å². The van der Waals surface area contributed by atoms with E-state index in [1.54, 1.807) is 0 Å². The molecule has 0 aromatic heterocycles. The van der Waals surface area contributed by atoms with Crippen LogP contribution in [0.3, 0.4) is 0 Å². The van der Waals surface area contributed by atoms with Crippen molar-refractivity contribution in [2.75, 3.05) is 0 Å². The first kappa shape index (κ1) is 22.4. The predicted molar refractivity (Wildman–Crippen MR) is 107 cm³/mol. The lowest BCUT2D eigenvalue weighted by Crippen LogP contribution is -2.50. The van der Waals surface area contributed by atoms with Crippen molar-refractivity contribution in [2.45, 2.75) is 116 Å². The summed E-state index contributed by atoms with van der Waals surface area (Å²) in [7, 11) is 0. The van der Waals surface area contributed by atoms with E-state index in [0.29, 0.717) is 25.7 Å². The van der Waals surface area contributed by atoms with E-state index in [0.717, 1.165) is 44.9 Å². The molecule has 164 valence electrons. The highest BCUT2D eigenvalue weighted by atomic mass is 19.2. The van der Waals surface area contributed by atoms with E-state index in [9.17, 15) is 4.39 Å². The smallest absolute Gasteiger partial charge is 0.135 e. The van der Waals surface area contributed by atoms with Crippen LogP contribution in [0.2, 0.25) is 0 Å². The molecule has 28 heavy (non-hydrogen) atoms. The third-order valence-corrected chi connectivity index (χ3v) is 8.46. The molecule has 0 nitrogen and oxygen atoms in total. The Labute approximate surface area is 169 Å². The summed E-state index contributed by atoms with van der Waals surface area (Å²) in [6.45, 7) is 4.12. The zero-order chi connectivity index (χ0) is 20.3. The molecule has 0 heterocycles. The van der Waals surface area contributed by atoms with E-state index in [-0.39, 0.29) is 23.7 Å². The fraction of sp³-hybridized carbons (Fsp3) is 1.00. The van der Waals surface area contributed by atoms with Crippen LogP contribution in [-0.2, 0) is 0 Å². The molecule has 0 N–H and O–H groups in total. The maximum atomic E-state index is 15.1. The van der Waals surface area contributed by atoms with Crippen LogP contribution < -0.4 is 0 Å². The average Bonchev–Trinajstić information content (AvgIpc) is 2.71. The first-order valence-corrected chi connectivity index (χ1v) is 12.0. The monoisotopic (exact) mass is 404 g/mol. The molecule has 9 unspecified atom stereocenters. The molecule has 0 amide bonds. The van der Waals surface area contributed by atoms with Crippen LogP contribution in [0.5, 0.6) is 0 Å². The van der Waals surface area contributed by atoms with Gasteiger partial charge in [0.15, 0.2) is 0 Å². The molecule has 0 aromatic rings. The van der Waals surface area contributed by atoms with Crippen LogP contribution in [0.25, 0.3) is 0 Å². The molecule has 3 aliphatic rings. The quantitative estimate of drug-likeness (QED) is 0.396. The SMILES string of the molecule is CCCCC(C)C1CCC(C2CCC(C3CCCCC3)C(F)C2F)C(F)C1F. The molecule has 0 aliphatic heterocycles. The topological polar surface area (TPSA) is 0 Å². The maximum Gasteiger partial charge on any atom is 0.135 e. The highest BCUT2D eigenvalue weighted by molar-refractivity contribution is 4.99. The van der Waals surface area contributed by atoms with Crippen molar-refractivity contribution in [1.82, 2.24) is 0 Å². The zero-order valence-corrected chi connectivity index (χ0v) is 17.8. The molecule has 9 atom stereocenters. The molecule has 4 heteroatoms. The van der Waals surface area contributed by atoms with Gasteiger partial charge in [-0.2, -0.15) is 0 Å². The molecular formula is C24H40F4. The Kier molecular flexibility index (Phi) is 8.13. The lowest BCUT2D eigenvalue weighted by Gasteiger charge is -2.46. The van der Waals surface area contributed by atoms with Gasteiger partial charge in [-0.05, 0) is 61.2 Å². The number of alkyl halides is 4. The summed E-state index contributed by atoms with van der Waals surface area (Å²) in [5.74, 6) is -1.33. The van der Waals surface area contributed by atoms with Crippen LogP contribution in [0, 0.1) is 35.5 Å². The first-order chi connectivity index (χ1) is 13.5. The van der Waals surface area contributed by atoms with Crippen molar-refractivity contribution in [1.29, 1.82) is 0 Å². The van der Waals surface area contributed by atoms with E-state index in [1.165, 1.54) is 6.42 Å². The third kappa shape index (κ3) is 4.72. The molecule has 0 saturated heterocycles. The summed E-state index contributed by atoms with van der Waals surface area (Å²) in [6, 6.07) is 0. The van der Waals surface area contributed by atoms with Gasteiger partial charge in [-0.15, -0.1) is 0 Å². The van der Waals surface area contributed by atoms with Crippen LogP contribution in [0.4, 0.5) is 17.6 Å². The summed E-state index contributed by atoms with van der Waals surface area (Å²) in [4.78, 5) is 0. The van der Waals surface area contributed by atoms with Gasteiger partial charge in [0.2, 0.25) is 0 Å². The molecule has 0 spiro atoms. The van der Waals surface area contributed by atoms with Crippen LogP contribution in [0.1, 0.15) is 90.9 Å². The van der Waals surface area contributed by atoms with Gasteiger partial charge in [0.1, 0.15) is 24.7 Å². The Morgan fingerprint density at radius 3 is 1.86 bits per heavy atom. The third-order valence-electron chi connectivity index (χ3n) is 8.46. The van der Waals surface area contributed by atoms with E-state index in [1.807, 2.05) is 6.92 Å². The summed E-state index contributed by atoms with van der Waals surface area (Å²) < 4.78 is 60.1. The second kappa shape index (κ2) is 10.2. The number of halogens is 4. The average molecular weight is 405 g/mol. The van der Waals surface area contributed by atoms with Gasteiger partial charge in [0, 0.05) is 0 Å². The fourth-order valence-electron chi connectivity index (χ4n) is 6.65. The van der Waals surface area contributed by atoms with Crippen LogP contribution in [-0.4, -0.2) is 24.7 Å². The minimum Gasteiger partial charge on any atom is -0.244 e. The lowest BCUT2D eigenvalue weighted by molar-refractivity contribution is -0.0779. The Morgan fingerprint density at radius 1 is 0.679 bits per heavy atom. The number of rotatable bonds is 6. The molecule has 0 radical (unpaired) electrons. The minimum absolute atomic E-state index is 0.159. The molecule has 3 rings (SSSR count). The molecule has 3 fully saturated rings. The van der Waals surface area contributed by atoms with Crippen LogP contribution in [0.15, 0.2) is 0 Å². The highest BCUT2D eigenvalue weighted by Crippen LogP contribution is 2.49.